The van der Waals surface area contributed by atoms with Gasteiger partial charge in [-0.2, -0.15) is 0 Å². The molecule has 0 bridgehead atoms. The van der Waals surface area contributed by atoms with Crippen LogP contribution in [0.4, 0.5) is 0 Å². The first-order valence-corrected chi connectivity index (χ1v) is 3.10. The third kappa shape index (κ3) is 1.71. The highest BCUT2D eigenvalue weighted by molar-refractivity contribution is 5.72. The highest BCUT2D eigenvalue weighted by Gasteiger charge is 2.40. The Balaban J connectivity index is 2.61. The van der Waals surface area contributed by atoms with Crippen LogP contribution in [-0.4, -0.2) is 51.4 Å². The molecule has 0 spiro atoms. The topological polar surface area (TPSA) is 116 Å². The van der Waals surface area contributed by atoms with Crippen LogP contribution < -0.4 is 0 Å². The summed E-state index contributed by atoms with van der Waals surface area (Å²) in [6, 6.07) is 0. The van der Waals surface area contributed by atoms with E-state index < -0.39 is 30.9 Å². The minimum absolute atomic E-state index is 1.48. The molecule has 0 aromatic heterocycles. The quantitative estimate of drug-likeness (QED) is 0.350. The Hall–Kier alpha value is -0.730. The molecule has 2 unspecified atom stereocenters. The van der Waals surface area contributed by atoms with E-state index in [1.165, 1.54) is 0 Å². The second-order valence-electron chi connectivity index (χ2n) is 2.20. The van der Waals surface area contributed by atoms with Gasteiger partial charge in [0.2, 0.25) is 18.7 Å². The van der Waals surface area contributed by atoms with Gasteiger partial charge < -0.3 is 29.9 Å². The molecular weight excluding hydrogens is 172 g/mol. The zero-order valence-electron chi connectivity index (χ0n) is 5.82. The molecule has 4 atom stereocenters. The summed E-state index contributed by atoms with van der Waals surface area (Å²) in [6.45, 7) is 0. The highest BCUT2D eigenvalue weighted by atomic mass is 16.8. The fourth-order valence-electron chi connectivity index (χ4n) is 0.746. The van der Waals surface area contributed by atoms with Crippen molar-refractivity contribution in [1.29, 1.82) is 0 Å². The molecule has 0 saturated carbocycles. The number of hydrogen-bond donors (Lipinski definition) is 4. The van der Waals surface area contributed by atoms with Crippen LogP contribution in [0.25, 0.3) is 0 Å². The van der Waals surface area contributed by atoms with Gasteiger partial charge in [-0.05, 0) is 0 Å². The summed E-state index contributed by atoms with van der Waals surface area (Å²) in [5.74, 6) is -1.48. The highest BCUT2D eigenvalue weighted by Crippen LogP contribution is 2.15. The third-order valence-corrected chi connectivity index (χ3v) is 1.31. The number of ether oxygens (including phenoxy) is 2. The van der Waals surface area contributed by atoms with E-state index in [2.05, 4.69) is 9.47 Å². The van der Waals surface area contributed by atoms with Crippen LogP contribution in [0.3, 0.4) is 0 Å². The van der Waals surface area contributed by atoms with Crippen LogP contribution in [0.1, 0.15) is 0 Å². The fraction of sp³-hybridized carbons (Fsp3) is 0.800. The van der Waals surface area contributed by atoms with Crippen LogP contribution in [0.5, 0.6) is 0 Å². The predicted octanol–water partition coefficient (Wildman–Crippen LogP) is -2.56. The maximum absolute atomic E-state index is 10.3. The lowest BCUT2D eigenvalue weighted by atomic mass is 10.3. The van der Waals surface area contributed by atoms with Crippen molar-refractivity contribution in [2.45, 2.75) is 25.0 Å². The normalized spacial score (nSPS) is 42.6. The lowest BCUT2D eigenvalue weighted by Crippen LogP contribution is -2.52. The molecule has 1 rings (SSSR count). The first kappa shape index (κ1) is 9.36. The molecule has 70 valence electrons. The van der Waals surface area contributed by atoms with Gasteiger partial charge in [-0.3, -0.25) is 0 Å². The van der Waals surface area contributed by atoms with Crippen molar-refractivity contribution in [1.82, 2.24) is 0 Å². The molecular formula is C5H8O7. The Bertz CT molecular complexity index is 181. The number of aliphatic carboxylic acids is 1. The van der Waals surface area contributed by atoms with Crippen molar-refractivity contribution in [3.8, 4) is 0 Å². The van der Waals surface area contributed by atoms with E-state index in [9.17, 15) is 4.79 Å². The number of carboxylic acid groups (broad SMARTS) is 1. The molecule has 12 heavy (non-hydrogen) atoms. The SMILES string of the molecule is O=C(O)C1O[C@H](O)C(O)O[C@H]1O. The van der Waals surface area contributed by atoms with E-state index in [1.54, 1.807) is 0 Å². The van der Waals surface area contributed by atoms with E-state index in [1.807, 2.05) is 0 Å². The van der Waals surface area contributed by atoms with Crippen LogP contribution in [-0.2, 0) is 14.3 Å². The van der Waals surface area contributed by atoms with Gasteiger partial charge in [-0.1, -0.05) is 0 Å². The molecule has 1 aliphatic rings. The minimum atomic E-state index is -1.78. The van der Waals surface area contributed by atoms with Crippen LogP contribution >= 0.6 is 0 Å². The molecule has 0 aromatic carbocycles. The van der Waals surface area contributed by atoms with Crippen LogP contribution in [0.2, 0.25) is 0 Å². The Labute approximate surface area is 66.8 Å². The van der Waals surface area contributed by atoms with Gasteiger partial charge in [0.1, 0.15) is 0 Å². The van der Waals surface area contributed by atoms with Crippen LogP contribution in [0.15, 0.2) is 0 Å². The van der Waals surface area contributed by atoms with Gasteiger partial charge in [0, 0.05) is 0 Å². The zero-order chi connectivity index (χ0) is 9.30. The molecule has 4 N–H and O–H groups in total. The van der Waals surface area contributed by atoms with E-state index in [0.717, 1.165) is 0 Å². The Morgan fingerprint density at radius 3 is 2.00 bits per heavy atom. The van der Waals surface area contributed by atoms with Crippen molar-refractivity contribution >= 4 is 5.97 Å². The van der Waals surface area contributed by atoms with Gasteiger partial charge in [-0.25, -0.2) is 4.79 Å². The van der Waals surface area contributed by atoms with Gasteiger partial charge in [0.15, 0.2) is 6.29 Å². The number of aliphatic hydroxyl groups excluding tert-OH is 3. The first-order chi connectivity index (χ1) is 5.52. The molecule has 1 fully saturated rings. The van der Waals surface area contributed by atoms with E-state index >= 15 is 0 Å². The van der Waals surface area contributed by atoms with Gasteiger partial charge >= 0.3 is 5.97 Å². The molecule has 0 aliphatic carbocycles. The molecule has 0 aromatic rings. The number of aliphatic hydroxyl groups is 3. The summed E-state index contributed by atoms with van der Waals surface area (Å²) in [6.07, 6.45) is -6.94. The Morgan fingerprint density at radius 2 is 1.50 bits per heavy atom. The Kier molecular flexibility index (Phi) is 2.60. The number of carbonyl (C=O) groups is 1. The second-order valence-corrected chi connectivity index (χ2v) is 2.20. The molecule has 0 radical (unpaired) electrons. The average Bonchev–Trinajstić information content (AvgIpc) is 1.96. The molecule has 1 saturated heterocycles. The lowest BCUT2D eigenvalue weighted by molar-refractivity contribution is -0.370. The third-order valence-electron chi connectivity index (χ3n) is 1.31. The summed E-state index contributed by atoms with van der Waals surface area (Å²) < 4.78 is 8.53. The van der Waals surface area contributed by atoms with Crippen LogP contribution in [0, 0.1) is 0 Å². The standard InChI is InChI=1S/C5H8O7/c6-2(7)1-3(8)12-5(10)4(9)11-1/h1,3-5,8-10H,(H,6,7)/t1?,3-,4+,5?/m1/s1. The molecule has 1 heterocycles. The average molecular weight is 180 g/mol. The Morgan fingerprint density at radius 1 is 1.00 bits per heavy atom. The van der Waals surface area contributed by atoms with Gasteiger partial charge in [0.05, 0.1) is 0 Å². The minimum Gasteiger partial charge on any atom is -0.479 e. The van der Waals surface area contributed by atoms with E-state index in [4.69, 9.17) is 20.4 Å². The summed E-state index contributed by atoms with van der Waals surface area (Å²) in [5, 5.41) is 34.6. The van der Waals surface area contributed by atoms with E-state index in [-0.39, 0.29) is 0 Å². The monoisotopic (exact) mass is 180 g/mol. The summed E-state index contributed by atoms with van der Waals surface area (Å²) >= 11 is 0. The van der Waals surface area contributed by atoms with E-state index in [0.29, 0.717) is 0 Å². The number of hydrogen-bond acceptors (Lipinski definition) is 6. The fourth-order valence-corrected chi connectivity index (χ4v) is 0.746. The molecule has 1 aliphatic heterocycles. The maximum atomic E-state index is 10.3. The largest absolute Gasteiger partial charge is 0.479 e. The van der Waals surface area contributed by atoms with Crippen molar-refractivity contribution in [3.05, 3.63) is 0 Å². The van der Waals surface area contributed by atoms with Gasteiger partial charge in [-0.15, -0.1) is 0 Å². The zero-order valence-corrected chi connectivity index (χ0v) is 5.82. The molecule has 0 amide bonds. The van der Waals surface area contributed by atoms with Crippen molar-refractivity contribution < 1.29 is 34.7 Å². The van der Waals surface area contributed by atoms with Crippen molar-refractivity contribution in [2.75, 3.05) is 0 Å². The van der Waals surface area contributed by atoms with Gasteiger partial charge in [0.25, 0.3) is 0 Å². The summed E-state index contributed by atoms with van der Waals surface area (Å²) in [4.78, 5) is 10.3. The predicted molar refractivity (Wildman–Crippen MR) is 31.6 cm³/mol. The number of rotatable bonds is 1. The lowest BCUT2D eigenvalue weighted by Gasteiger charge is -2.31. The second kappa shape index (κ2) is 3.33. The number of carboxylic acids is 1. The molecule has 7 heteroatoms. The van der Waals surface area contributed by atoms with Crippen molar-refractivity contribution in [2.24, 2.45) is 0 Å². The summed E-state index contributed by atoms with van der Waals surface area (Å²) in [5.41, 5.74) is 0. The summed E-state index contributed by atoms with van der Waals surface area (Å²) in [7, 11) is 0. The maximum Gasteiger partial charge on any atom is 0.338 e. The molecule has 7 nitrogen and oxygen atoms in total. The first-order valence-electron chi connectivity index (χ1n) is 3.10. The smallest absolute Gasteiger partial charge is 0.338 e. The van der Waals surface area contributed by atoms with Crippen molar-refractivity contribution in [3.63, 3.8) is 0 Å².